The third-order valence-corrected chi connectivity index (χ3v) is 4.85. The number of nitrogens with one attached hydrogen (secondary N) is 2. The van der Waals surface area contributed by atoms with Crippen LogP contribution < -0.4 is 15.1 Å². The van der Waals surface area contributed by atoms with Gasteiger partial charge in [0.1, 0.15) is 0 Å². The fraction of sp³-hybridized carbons (Fsp3) is 0.333. The number of quaternary nitrogens is 1. The van der Waals surface area contributed by atoms with E-state index < -0.39 is 0 Å². The van der Waals surface area contributed by atoms with Gasteiger partial charge in [-0.15, -0.1) is 0 Å². The quantitative estimate of drug-likeness (QED) is 0.760. The zero-order chi connectivity index (χ0) is 18.4. The smallest absolute Gasteiger partial charge is 0.275 e. The Morgan fingerprint density at radius 1 is 1.00 bits per heavy atom. The van der Waals surface area contributed by atoms with Crippen molar-refractivity contribution in [3.8, 4) is 0 Å². The van der Waals surface area contributed by atoms with Crippen LogP contribution >= 0.6 is 0 Å². The second-order valence-electron chi connectivity index (χ2n) is 6.78. The molecule has 1 aliphatic rings. The summed E-state index contributed by atoms with van der Waals surface area (Å²) >= 11 is 0. The summed E-state index contributed by atoms with van der Waals surface area (Å²) in [6.45, 7) is 6.40. The van der Waals surface area contributed by atoms with E-state index in [1.807, 2.05) is 54.6 Å². The number of carbonyl (C=O) groups excluding carboxylic acids is 2. The first kappa shape index (κ1) is 18.1. The van der Waals surface area contributed by atoms with Crippen LogP contribution in [0.1, 0.15) is 22.8 Å². The van der Waals surface area contributed by atoms with E-state index in [2.05, 4.69) is 10.2 Å². The molecule has 0 aliphatic carbocycles. The number of ketones is 1. The Balaban J connectivity index is 1.43. The standard InChI is InChI=1S/C21H25N3O2/c1-17(25)19-7-9-20(10-8-19)24-13-11-23(12-14-24)16-21(26)22-15-18-5-3-2-4-6-18/h2-10H,11-16H2,1H3,(H,22,26)/p+1. The maximum atomic E-state index is 12.2. The fourth-order valence-electron chi connectivity index (χ4n) is 3.25. The van der Waals surface area contributed by atoms with Crippen molar-refractivity contribution in [1.82, 2.24) is 5.32 Å². The molecule has 3 rings (SSSR count). The SMILES string of the molecule is CC(=O)c1ccc(N2CC[NH+](CC(=O)NCc3ccccc3)CC2)cc1. The van der Waals surface area contributed by atoms with E-state index >= 15 is 0 Å². The molecule has 0 saturated carbocycles. The normalized spacial score (nSPS) is 14.9. The number of piperazine rings is 1. The molecule has 0 bridgehead atoms. The van der Waals surface area contributed by atoms with Crippen molar-refractivity contribution in [2.45, 2.75) is 13.5 Å². The molecule has 0 radical (unpaired) electrons. The molecule has 2 aromatic rings. The molecule has 5 heteroatoms. The second-order valence-corrected chi connectivity index (χ2v) is 6.78. The van der Waals surface area contributed by atoms with E-state index in [0.29, 0.717) is 13.1 Å². The highest BCUT2D eigenvalue weighted by Gasteiger charge is 2.22. The Labute approximate surface area is 154 Å². The predicted octanol–water partition coefficient (Wildman–Crippen LogP) is 0.911. The third kappa shape index (κ3) is 4.92. The molecule has 2 aromatic carbocycles. The van der Waals surface area contributed by atoms with Gasteiger partial charge in [0.05, 0.1) is 26.2 Å². The van der Waals surface area contributed by atoms with E-state index in [1.165, 1.54) is 4.90 Å². The summed E-state index contributed by atoms with van der Waals surface area (Å²) in [5, 5.41) is 3.00. The lowest BCUT2D eigenvalue weighted by atomic mass is 10.1. The molecular formula is C21H26N3O2+. The van der Waals surface area contributed by atoms with E-state index in [0.717, 1.165) is 43.0 Å². The first-order valence-corrected chi connectivity index (χ1v) is 9.12. The summed E-state index contributed by atoms with van der Waals surface area (Å²) in [5.74, 6) is 0.190. The lowest BCUT2D eigenvalue weighted by molar-refractivity contribution is -0.892. The summed E-state index contributed by atoms with van der Waals surface area (Å²) in [6, 6.07) is 17.8. The average Bonchev–Trinajstić information content (AvgIpc) is 2.68. The van der Waals surface area contributed by atoms with Gasteiger partial charge in [-0.3, -0.25) is 9.59 Å². The van der Waals surface area contributed by atoms with E-state index in [9.17, 15) is 9.59 Å². The predicted molar refractivity (Wildman–Crippen MR) is 103 cm³/mol. The lowest BCUT2D eigenvalue weighted by Crippen LogP contribution is -3.15. The molecule has 26 heavy (non-hydrogen) atoms. The summed E-state index contributed by atoms with van der Waals surface area (Å²) in [7, 11) is 0. The number of Topliss-reactive ketones (excluding diaryl/α,β-unsaturated/α-hetero) is 1. The van der Waals surface area contributed by atoms with Gasteiger partial charge in [0, 0.05) is 17.8 Å². The summed E-state index contributed by atoms with van der Waals surface area (Å²) in [5.41, 5.74) is 3.00. The molecular weight excluding hydrogens is 326 g/mol. The minimum atomic E-state index is 0.0901. The van der Waals surface area contributed by atoms with Crippen molar-refractivity contribution in [3.63, 3.8) is 0 Å². The van der Waals surface area contributed by atoms with Crippen LogP contribution in [0.15, 0.2) is 54.6 Å². The van der Waals surface area contributed by atoms with Crippen LogP contribution in [0.5, 0.6) is 0 Å². The number of anilines is 1. The molecule has 0 atom stereocenters. The Hall–Kier alpha value is -2.66. The minimum absolute atomic E-state index is 0.0901. The van der Waals surface area contributed by atoms with Crippen molar-refractivity contribution in [2.75, 3.05) is 37.6 Å². The van der Waals surface area contributed by atoms with Crippen molar-refractivity contribution in [3.05, 3.63) is 65.7 Å². The minimum Gasteiger partial charge on any atom is -0.360 e. The Morgan fingerprint density at radius 3 is 2.27 bits per heavy atom. The topological polar surface area (TPSA) is 53.9 Å². The summed E-state index contributed by atoms with van der Waals surface area (Å²) in [4.78, 5) is 27.2. The average molecular weight is 352 g/mol. The van der Waals surface area contributed by atoms with Crippen LogP contribution in [0.4, 0.5) is 5.69 Å². The monoisotopic (exact) mass is 352 g/mol. The molecule has 1 amide bonds. The van der Waals surface area contributed by atoms with Gasteiger partial charge in [-0.1, -0.05) is 30.3 Å². The fourth-order valence-corrected chi connectivity index (χ4v) is 3.25. The second kappa shape index (κ2) is 8.63. The molecule has 136 valence electrons. The molecule has 0 spiro atoms. The first-order valence-electron chi connectivity index (χ1n) is 9.12. The van der Waals surface area contributed by atoms with Gasteiger partial charge in [0.15, 0.2) is 12.3 Å². The maximum Gasteiger partial charge on any atom is 0.275 e. The van der Waals surface area contributed by atoms with Gasteiger partial charge in [0.25, 0.3) is 5.91 Å². The molecule has 1 saturated heterocycles. The van der Waals surface area contributed by atoms with Crippen LogP contribution in [-0.4, -0.2) is 44.4 Å². The Bertz CT molecular complexity index is 736. The molecule has 5 nitrogen and oxygen atoms in total. The Kier molecular flexibility index (Phi) is 6.02. The summed E-state index contributed by atoms with van der Waals surface area (Å²) in [6.07, 6.45) is 0. The van der Waals surface area contributed by atoms with Crippen molar-refractivity contribution >= 4 is 17.4 Å². The number of amides is 1. The van der Waals surface area contributed by atoms with Crippen LogP contribution in [0.25, 0.3) is 0 Å². The third-order valence-electron chi connectivity index (χ3n) is 4.85. The zero-order valence-corrected chi connectivity index (χ0v) is 15.2. The van der Waals surface area contributed by atoms with Crippen LogP contribution in [0.3, 0.4) is 0 Å². The lowest BCUT2D eigenvalue weighted by Gasteiger charge is -2.33. The highest BCUT2D eigenvalue weighted by molar-refractivity contribution is 5.94. The van der Waals surface area contributed by atoms with E-state index in [1.54, 1.807) is 6.92 Å². The van der Waals surface area contributed by atoms with Crippen LogP contribution in [-0.2, 0) is 11.3 Å². The van der Waals surface area contributed by atoms with Gasteiger partial charge in [0.2, 0.25) is 0 Å². The van der Waals surface area contributed by atoms with Gasteiger partial charge in [-0.2, -0.15) is 0 Å². The molecule has 1 heterocycles. The number of rotatable bonds is 6. The van der Waals surface area contributed by atoms with E-state index in [-0.39, 0.29) is 11.7 Å². The van der Waals surface area contributed by atoms with E-state index in [4.69, 9.17) is 0 Å². The molecule has 0 unspecified atom stereocenters. The molecule has 2 N–H and O–H groups in total. The highest BCUT2D eigenvalue weighted by atomic mass is 16.2. The van der Waals surface area contributed by atoms with Crippen molar-refractivity contribution in [2.24, 2.45) is 0 Å². The molecule has 0 aromatic heterocycles. The molecule has 1 aliphatic heterocycles. The maximum absolute atomic E-state index is 12.2. The Morgan fingerprint density at radius 2 is 1.65 bits per heavy atom. The van der Waals surface area contributed by atoms with Crippen molar-refractivity contribution < 1.29 is 14.5 Å². The highest BCUT2D eigenvalue weighted by Crippen LogP contribution is 2.15. The number of benzene rings is 2. The number of hydrogen-bond donors (Lipinski definition) is 2. The van der Waals surface area contributed by atoms with Gasteiger partial charge in [-0.25, -0.2) is 0 Å². The number of nitrogens with zero attached hydrogens (tertiary/aromatic N) is 1. The van der Waals surface area contributed by atoms with Crippen LogP contribution in [0.2, 0.25) is 0 Å². The van der Waals surface area contributed by atoms with Gasteiger partial charge >= 0.3 is 0 Å². The summed E-state index contributed by atoms with van der Waals surface area (Å²) < 4.78 is 0. The van der Waals surface area contributed by atoms with Crippen LogP contribution in [0, 0.1) is 0 Å². The number of carbonyl (C=O) groups is 2. The zero-order valence-electron chi connectivity index (χ0n) is 15.2. The first-order chi connectivity index (χ1) is 12.6. The van der Waals surface area contributed by atoms with Gasteiger partial charge < -0.3 is 15.1 Å². The number of hydrogen-bond acceptors (Lipinski definition) is 3. The largest absolute Gasteiger partial charge is 0.360 e. The molecule has 1 fully saturated rings. The van der Waals surface area contributed by atoms with Crippen molar-refractivity contribution in [1.29, 1.82) is 0 Å². The van der Waals surface area contributed by atoms with Gasteiger partial charge in [-0.05, 0) is 36.8 Å².